The highest BCUT2D eigenvalue weighted by molar-refractivity contribution is 6.30. The number of nitrogens with two attached hydrogens (primary N) is 1. The van der Waals surface area contributed by atoms with Crippen LogP contribution in [0.1, 0.15) is 26.3 Å². The highest BCUT2D eigenvalue weighted by Crippen LogP contribution is 2.11. The summed E-state index contributed by atoms with van der Waals surface area (Å²) in [7, 11) is 0. The maximum atomic E-state index is 12.2. The van der Waals surface area contributed by atoms with Crippen molar-refractivity contribution in [2.24, 2.45) is 11.7 Å². The molecule has 0 saturated carbocycles. The van der Waals surface area contributed by atoms with Crippen LogP contribution in [-0.4, -0.2) is 35.8 Å². The molecule has 0 bridgehead atoms. The molecule has 0 aromatic heterocycles. The highest BCUT2D eigenvalue weighted by atomic mass is 35.5. The second kappa shape index (κ2) is 10.5. The summed E-state index contributed by atoms with van der Waals surface area (Å²) in [5.41, 5.74) is 6.73. The van der Waals surface area contributed by atoms with Gasteiger partial charge < -0.3 is 16.0 Å². The summed E-state index contributed by atoms with van der Waals surface area (Å²) < 4.78 is 0. The van der Waals surface area contributed by atoms with Gasteiger partial charge in [-0.05, 0) is 30.5 Å². The first kappa shape index (κ1) is 21.7. The molecule has 1 aromatic rings. The number of nitrogens with zero attached hydrogens (tertiary/aromatic N) is 1. The molecule has 0 aliphatic carbocycles. The first-order chi connectivity index (χ1) is 10.3. The third-order valence-corrected chi connectivity index (χ3v) is 3.71. The van der Waals surface area contributed by atoms with Crippen LogP contribution < -0.4 is 11.1 Å². The maximum Gasteiger partial charge on any atom is 0.242 e. The maximum absolute atomic E-state index is 12.2. The first-order valence-electron chi connectivity index (χ1n) is 7.40. The number of carbonyl (C=O) groups excluding carboxylic acids is 2. The van der Waals surface area contributed by atoms with E-state index >= 15 is 0 Å². The SMILES string of the molecule is CCN(Cc1ccc(Cl)cc1)C(=O)CNC(=O)[C@@H](N)C(C)C.Cl. The normalized spacial score (nSPS) is 11.6. The minimum Gasteiger partial charge on any atom is -0.346 e. The quantitative estimate of drug-likeness (QED) is 0.781. The van der Waals surface area contributed by atoms with Crippen molar-refractivity contribution in [1.29, 1.82) is 0 Å². The Morgan fingerprint density at radius 3 is 2.30 bits per heavy atom. The summed E-state index contributed by atoms with van der Waals surface area (Å²) in [5, 5.41) is 3.26. The van der Waals surface area contributed by atoms with Crippen LogP contribution in [0, 0.1) is 5.92 Å². The predicted molar refractivity (Wildman–Crippen MR) is 95.6 cm³/mol. The fourth-order valence-electron chi connectivity index (χ4n) is 1.88. The lowest BCUT2D eigenvalue weighted by molar-refractivity contribution is -0.133. The Morgan fingerprint density at radius 1 is 1.26 bits per heavy atom. The summed E-state index contributed by atoms with van der Waals surface area (Å²) in [6.07, 6.45) is 0. The number of hydrogen-bond donors (Lipinski definition) is 2. The largest absolute Gasteiger partial charge is 0.346 e. The number of rotatable bonds is 7. The van der Waals surface area contributed by atoms with Gasteiger partial charge in [0.05, 0.1) is 12.6 Å². The van der Waals surface area contributed by atoms with Gasteiger partial charge in [0.1, 0.15) is 0 Å². The summed E-state index contributed by atoms with van der Waals surface area (Å²) in [4.78, 5) is 25.6. The van der Waals surface area contributed by atoms with Gasteiger partial charge in [-0.3, -0.25) is 9.59 Å². The fourth-order valence-corrected chi connectivity index (χ4v) is 2.01. The molecule has 1 atom stereocenters. The van der Waals surface area contributed by atoms with Gasteiger partial charge in [0.25, 0.3) is 0 Å². The third kappa shape index (κ3) is 7.20. The second-order valence-electron chi connectivity index (χ2n) is 5.52. The molecule has 0 saturated heterocycles. The molecular weight excluding hydrogens is 337 g/mol. The highest BCUT2D eigenvalue weighted by Gasteiger charge is 2.19. The molecule has 0 aliphatic heterocycles. The lowest BCUT2D eigenvalue weighted by atomic mass is 10.1. The van der Waals surface area contributed by atoms with Crippen molar-refractivity contribution in [2.75, 3.05) is 13.1 Å². The summed E-state index contributed by atoms with van der Waals surface area (Å²) in [6.45, 7) is 6.64. The first-order valence-corrected chi connectivity index (χ1v) is 7.78. The zero-order valence-electron chi connectivity index (χ0n) is 13.7. The predicted octanol–water partition coefficient (Wildman–Crippen LogP) is 2.21. The van der Waals surface area contributed by atoms with E-state index in [-0.39, 0.29) is 36.7 Å². The third-order valence-electron chi connectivity index (χ3n) is 3.46. The van der Waals surface area contributed by atoms with Crippen LogP contribution in [0.15, 0.2) is 24.3 Å². The van der Waals surface area contributed by atoms with Crippen molar-refractivity contribution in [1.82, 2.24) is 10.2 Å². The van der Waals surface area contributed by atoms with Crippen LogP contribution in [0.4, 0.5) is 0 Å². The molecule has 7 heteroatoms. The Morgan fingerprint density at radius 2 is 1.83 bits per heavy atom. The number of likely N-dealkylation sites (N-methyl/N-ethyl adjacent to an activating group) is 1. The Balaban J connectivity index is 0.00000484. The van der Waals surface area contributed by atoms with Crippen LogP contribution in [0.5, 0.6) is 0 Å². The molecule has 0 spiro atoms. The molecule has 0 radical (unpaired) electrons. The smallest absolute Gasteiger partial charge is 0.242 e. The average molecular weight is 362 g/mol. The molecule has 0 heterocycles. The molecule has 0 unspecified atom stereocenters. The monoisotopic (exact) mass is 361 g/mol. The van der Waals surface area contributed by atoms with E-state index in [1.807, 2.05) is 32.9 Å². The van der Waals surface area contributed by atoms with Crippen LogP contribution >= 0.6 is 24.0 Å². The molecule has 0 aliphatic rings. The molecular formula is C16H25Cl2N3O2. The fraction of sp³-hybridized carbons (Fsp3) is 0.500. The second-order valence-corrected chi connectivity index (χ2v) is 5.96. The minimum absolute atomic E-state index is 0. The van der Waals surface area contributed by atoms with E-state index in [9.17, 15) is 9.59 Å². The Bertz CT molecular complexity index is 507. The molecule has 3 N–H and O–H groups in total. The lowest BCUT2D eigenvalue weighted by Crippen LogP contribution is -2.47. The minimum atomic E-state index is -0.598. The number of amides is 2. The lowest BCUT2D eigenvalue weighted by Gasteiger charge is -2.22. The standard InChI is InChI=1S/C16H24ClN3O2.ClH/c1-4-20(10-12-5-7-13(17)8-6-12)14(21)9-19-16(22)15(18)11(2)3;/h5-8,11,15H,4,9-10,18H2,1-3H3,(H,19,22);1H/t15-;/m0./s1. The number of benzene rings is 1. The van der Waals surface area contributed by atoms with E-state index in [1.165, 1.54) is 0 Å². The van der Waals surface area contributed by atoms with Gasteiger partial charge in [-0.2, -0.15) is 0 Å². The molecule has 23 heavy (non-hydrogen) atoms. The Labute approximate surface area is 149 Å². The zero-order chi connectivity index (χ0) is 16.7. The zero-order valence-corrected chi connectivity index (χ0v) is 15.3. The van der Waals surface area contributed by atoms with Crippen LogP contribution in [-0.2, 0) is 16.1 Å². The van der Waals surface area contributed by atoms with Gasteiger partial charge in [0.2, 0.25) is 11.8 Å². The number of carbonyl (C=O) groups is 2. The van der Waals surface area contributed by atoms with Crippen molar-refractivity contribution in [3.63, 3.8) is 0 Å². The van der Waals surface area contributed by atoms with Gasteiger partial charge in [0, 0.05) is 18.1 Å². The van der Waals surface area contributed by atoms with Crippen molar-refractivity contribution in [3.05, 3.63) is 34.9 Å². The molecule has 1 rings (SSSR count). The van der Waals surface area contributed by atoms with E-state index < -0.39 is 6.04 Å². The summed E-state index contributed by atoms with van der Waals surface area (Å²) in [5.74, 6) is -0.404. The van der Waals surface area contributed by atoms with E-state index in [2.05, 4.69) is 5.32 Å². The molecule has 1 aromatic carbocycles. The molecule has 0 fully saturated rings. The molecule has 2 amide bonds. The van der Waals surface area contributed by atoms with Crippen molar-refractivity contribution in [3.8, 4) is 0 Å². The van der Waals surface area contributed by atoms with Gasteiger partial charge >= 0.3 is 0 Å². The van der Waals surface area contributed by atoms with Crippen molar-refractivity contribution < 1.29 is 9.59 Å². The van der Waals surface area contributed by atoms with Gasteiger partial charge in [0.15, 0.2) is 0 Å². The number of nitrogens with one attached hydrogen (secondary N) is 1. The van der Waals surface area contributed by atoms with Gasteiger partial charge in [-0.1, -0.05) is 37.6 Å². The van der Waals surface area contributed by atoms with Crippen LogP contribution in [0.3, 0.4) is 0 Å². The molecule has 5 nitrogen and oxygen atoms in total. The van der Waals surface area contributed by atoms with Gasteiger partial charge in [-0.25, -0.2) is 0 Å². The van der Waals surface area contributed by atoms with Crippen LogP contribution in [0.2, 0.25) is 5.02 Å². The Kier molecular flexibility index (Phi) is 9.88. The van der Waals surface area contributed by atoms with E-state index in [0.29, 0.717) is 18.1 Å². The topological polar surface area (TPSA) is 75.4 Å². The van der Waals surface area contributed by atoms with E-state index in [1.54, 1.807) is 17.0 Å². The number of hydrogen-bond acceptors (Lipinski definition) is 3. The van der Waals surface area contributed by atoms with Crippen LogP contribution in [0.25, 0.3) is 0 Å². The van der Waals surface area contributed by atoms with E-state index in [4.69, 9.17) is 17.3 Å². The average Bonchev–Trinajstić information content (AvgIpc) is 2.50. The van der Waals surface area contributed by atoms with E-state index in [0.717, 1.165) is 5.56 Å². The molecule has 130 valence electrons. The number of halogens is 2. The summed E-state index contributed by atoms with van der Waals surface area (Å²) in [6, 6.07) is 6.74. The summed E-state index contributed by atoms with van der Waals surface area (Å²) >= 11 is 5.84. The van der Waals surface area contributed by atoms with Crippen molar-refractivity contribution in [2.45, 2.75) is 33.4 Å². The Hall–Kier alpha value is -1.30. The van der Waals surface area contributed by atoms with Gasteiger partial charge in [-0.15, -0.1) is 12.4 Å². The van der Waals surface area contributed by atoms with Crippen molar-refractivity contribution >= 4 is 35.8 Å².